The van der Waals surface area contributed by atoms with Crippen LogP contribution in [-0.4, -0.2) is 49.4 Å². The van der Waals surface area contributed by atoms with Gasteiger partial charge >= 0.3 is 0 Å². The van der Waals surface area contributed by atoms with Gasteiger partial charge in [-0.25, -0.2) is 13.2 Å². The lowest BCUT2D eigenvalue weighted by atomic mass is 9.78. The van der Waals surface area contributed by atoms with Crippen LogP contribution >= 0.6 is 0 Å². The van der Waals surface area contributed by atoms with Crippen LogP contribution in [0.2, 0.25) is 0 Å². The number of quaternary nitrogens is 1. The zero-order chi connectivity index (χ0) is 20.3. The van der Waals surface area contributed by atoms with E-state index in [1.54, 1.807) is 7.05 Å². The number of carbonyl (C=O) groups excluding carboxylic acids is 2. The number of amides is 2. The standard InChI is InChI=1S/C20H26F3N3O2/c1-25(11-17(27)24-15-9-8-14(21)19(22)20(15)23)12-18(28)26-10-4-6-13-5-2-3-7-16(13)26/h8-9,13,16H,2-7,10-12H2,1H3,(H,24,27)/p+1/t13-,16-/m0/s1. The number of halogens is 3. The Morgan fingerprint density at radius 2 is 1.79 bits per heavy atom. The molecule has 1 aromatic carbocycles. The van der Waals surface area contributed by atoms with Crippen LogP contribution in [0.3, 0.4) is 0 Å². The summed E-state index contributed by atoms with van der Waals surface area (Å²) < 4.78 is 39.9. The summed E-state index contributed by atoms with van der Waals surface area (Å²) in [6.45, 7) is 0.850. The minimum Gasteiger partial charge on any atom is -0.335 e. The number of likely N-dealkylation sites (N-methyl/N-ethyl adjacent to an activating group) is 1. The molecule has 1 aliphatic carbocycles. The number of nitrogens with zero attached hydrogens (tertiary/aromatic N) is 1. The summed E-state index contributed by atoms with van der Waals surface area (Å²) in [7, 11) is 1.71. The van der Waals surface area contributed by atoms with E-state index in [4.69, 9.17) is 0 Å². The summed E-state index contributed by atoms with van der Waals surface area (Å²) in [5.41, 5.74) is -0.413. The van der Waals surface area contributed by atoms with Gasteiger partial charge in [0.25, 0.3) is 11.8 Å². The lowest BCUT2D eigenvalue weighted by Gasteiger charge is -2.44. The second kappa shape index (κ2) is 8.94. The largest absolute Gasteiger partial charge is 0.335 e. The van der Waals surface area contributed by atoms with E-state index in [-0.39, 0.29) is 19.0 Å². The van der Waals surface area contributed by atoms with Gasteiger partial charge in [-0.1, -0.05) is 12.8 Å². The quantitative estimate of drug-likeness (QED) is 0.743. The van der Waals surface area contributed by atoms with E-state index in [9.17, 15) is 22.8 Å². The van der Waals surface area contributed by atoms with Crippen LogP contribution in [-0.2, 0) is 9.59 Å². The molecular weight excluding hydrogens is 371 g/mol. The number of piperidine rings is 1. The molecule has 2 aliphatic rings. The summed E-state index contributed by atoms with van der Waals surface area (Å²) >= 11 is 0. The topological polar surface area (TPSA) is 53.9 Å². The van der Waals surface area contributed by atoms with E-state index in [1.807, 2.05) is 4.90 Å². The van der Waals surface area contributed by atoms with Gasteiger partial charge in [0.05, 0.1) is 12.7 Å². The molecule has 0 spiro atoms. The van der Waals surface area contributed by atoms with Crippen molar-refractivity contribution in [2.75, 3.05) is 32.0 Å². The maximum Gasteiger partial charge on any atom is 0.279 e. The number of benzene rings is 1. The van der Waals surface area contributed by atoms with Crippen LogP contribution in [0.4, 0.5) is 18.9 Å². The highest BCUT2D eigenvalue weighted by Gasteiger charge is 2.36. The Kier molecular flexibility index (Phi) is 6.59. The smallest absolute Gasteiger partial charge is 0.279 e. The number of hydrogen-bond donors (Lipinski definition) is 2. The van der Waals surface area contributed by atoms with Crippen molar-refractivity contribution in [2.24, 2.45) is 5.92 Å². The maximum atomic E-state index is 13.7. The Balaban J connectivity index is 1.53. The fourth-order valence-corrected chi connectivity index (χ4v) is 4.45. The van der Waals surface area contributed by atoms with Gasteiger partial charge in [-0.3, -0.25) is 9.59 Å². The fourth-order valence-electron chi connectivity index (χ4n) is 4.45. The van der Waals surface area contributed by atoms with Crippen molar-refractivity contribution < 1.29 is 27.7 Å². The first-order chi connectivity index (χ1) is 13.4. The van der Waals surface area contributed by atoms with Crippen molar-refractivity contribution in [1.29, 1.82) is 0 Å². The van der Waals surface area contributed by atoms with Crippen LogP contribution in [0, 0.1) is 23.4 Å². The molecule has 1 heterocycles. The zero-order valence-electron chi connectivity index (χ0n) is 16.1. The van der Waals surface area contributed by atoms with Crippen molar-refractivity contribution >= 4 is 17.5 Å². The van der Waals surface area contributed by atoms with E-state index in [0.717, 1.165) is 37.9 Å². The van der Waals surface area contributed by atoms with E-state index in [1.165, 1.54) is 19.3 Å². The number of nitrogens with one attached hydrogen (secondary N) is 2. The third-order valence-corrected chi connectivity index (χ3v) is 5.79. The molecule has 1 saturated carbocycles. The molecule has 0 radical (unpaired) electrons. The van der Waals surface area contributed by atoms with Gasteiger partial charge in [-0.05, 0) is 43.7 Å². The first-order valence-corrected chi connectivity index (χ1v) is 9.91. The van der Waals surface area contributed by atoms with Crippen LogP contribution in [0.5, 0.6) is 0 Å². The first-order valence-electron chi connectivity index (χ1n) is 9.91. The monoisotopic (exact) mass is 398 g/mol. The van der Waals surface area contributed by atoms with Gasteiger partial charge < -0.3 is 15.1 Å². The van der Waals surface area contributed by atoms with Crippen LogP contribution in [0.15, 0.2) is 12.1 Å². The maximum absolute atomic E-state index is 13.7. The Bertz CT molecular complexity index is 742. The molecule has 3 atom stereocenters. The highest BCUT2D eigenvalue weighted by molar-refractivity contribution is 5.91. The fraction of sp³-hybridized carbons (Fsp3) is 0.600. The van der Waals surface area contributed by atoms with Gasteiger partial charge in [0.1, 0.15) is 0 Å². The number of likely N-dealkylation sites (tertiary alicyclic amines) is 1. The Morgan fingerprint density at radius 1 is 1.07 bits per heavy atom. The summed E-state index contributed by atoms with van der Waals surface area (Å²) in [5.74, 6) is -4.32. The normalized spacial score (nSPS) is 23.1. The number of carbonyl (C=O) groups is 2. The van der Waals surface area contributed by atoms with Crippen LogP contribution in [0.1, 0.15) is 38.5 Å². The number of anilines is 1. The number of rotatable bonds is 5. The molecule has 1 unspecified atom stereocenters. The molecule has 0 bridgehead atoms. The van der Waals surface area contributed by atoms with Gasteiger partial charge in [0, 0.05) is 12.6 Å². The predicted octanol–water partition coefficient (Wildman–Crippen LogP) is 1.74. The van der Waals surface area contributed by atoms with E-state index < -0.39 is 29.0 Å². The molecule has 2 fully saturated rings. The molecule has 3 rings (SSSR count). The molecule has 5 nitrogen and oxygen atoms in total. The van der Waals surface area contributed by atoms with Gasteiger partial charge in [-0.2, -0.15) is 0 Å². The highest BCUT2D eigenvalue weighted by atomic mass is 19.2. The van der Waals surface area contributed by atoms with Crippen LogP contribution < -0.4 is 10.2 Å². The van der Waals surface area contributed by atoms with Crippen molar-refractivity contribution in [3.63, 3.8) is 0 Å². The molecule has 28 heavy (non-hydrogen) atoms. The average molecular weight is 398 g/mol. The third kappa shape index (κ3) is 4.66. The zero-order valence-corrected chi connectivity index (χ0v) is 16.1. The first kappa shape index (κ1) is 20.6. The molecule has 2 N–H and O–H groups in total. The highest BCUT2D eigenvalue weighted by Crippen LogP contribution is 2.35. The van der Waals surface area contributed by atoms with Crippen molar-refractivity contribution in [3.05, 3.63) is 29.6 Å². The summed E-state index contributed by atoms with van der Waals surface area (Å²) in [6, 6.07) is 2.04. The molecular formula is C20H27F3N3O2+. The van der Waals surface area contributed by atoms with Crippen molar-refractivity contribution in [2.45, 2.75) is 44.6 Å². The Hall–Kier alpha value is -2.09. The molecule has 2 amide bonds. The minimum atomic E-state index is -1.62. The van der Waals surface area contributed by atoms with Crippen molar-refractivity contribution in [1.82, 2.24) is 4.90 Å². The SMILES string of the molecule is C[NH+](CC(=O)Nc1ccc(F)c(F)c1F)CC(=O)N1CCC[C@@H]2CCCC[C@@H]21. The molecule has 1 saturated heterocycles. The summed E-state index contributed by atoms with van der Waals surface area (Å²) in [5, 5.41) is 2.24. The second-order valence-corrected chi connectivity index (χ2v) is 7.92. The van der Waals surface area contributed by atoms with E-state index in [2.05, 4.69) is 5.32 Å². The van der Waals surface area contributed by atoms with E-state index >= 15 is 0 Å². The lowest BCUT2D eigenvalue weighted by molar-refractivity contribution is -0.862. The third-order valence-electron chi connectivity index (χ3n) is 5.79. The van der Waals surface area contributed by atoms with Crippen molar-refractivity contribution in [3.8, 4) is 0 Å². The Morgan fingerprint density at radius 3 is 2.57 bits per heavy atom. The second-order valence-electron chi connectivity index (χ2n) is 7.92. The predicted molar refractivity (Wildman–Crippen MR) is 98.3 cm³/mol. The molecule has 1 aliphatic heterocycles. The van der Waals surface area contributed by atoms with E-state index in [0.29, 0.717) is 16.9 Å². The van der Waals surface area contributed by atoms with Gasteiger partial charge in [0.2, 0.25) is 0 Å². The van der Waals surface area contributed by atoms with Crippen LogP contribution in [0.25, 0.3) is 0 Å². The number of hydrogen-bond acceptors (Lipinski definition) is 2. The number of fused-ring (bicyclic) bond motifs is 1. The Labute approximate surface area is 162 Å². The average Bonchev–Trinajstić information content (AvgIpc) is 2.67. The molecule has 1 aromatic rings. The summed E-state index contributed by atoms with van der Waals surface area (Å²) in [4.78, 5) is 27.5. The summed E-state index contributed by atoms with van der Waals surface area (Å²) in [6.07, 6.45) is 6.80. The van der Waals surface area contributed by atoms with Gasteiger partial charge in [0.15, 0.2) is 30.5 Å². The molecule has 8 heteroatoms. The molecule has 0 aromatic heterocycles. The minimum absolute atomic E-state index is 0.0286. The van der Waals surface area contributed by atoms with Gasteiger partial charge in [-0.15, -0.1) is 0 Å². The lowest BCUT2D eigenvalue weighted by Crippen LogP contribution is -3.11. The molecule has 154 valence electrons.